The molecule has 2 rings (SSSR count). The minimum Gasteiger partial charge on any atom is -0.370 e. The molecule has 3 nitrogen and oxygen atoms in total. The Morgan fingerprint density at radius 3 is 2.78 bits per heavy atom. The van der Waals surface area contributed by atoms with Gasteiger partial charge in [-0.3, -0.25) is 0 Å². The number of anilines is 1. The van der Waals surface area contributed by atoms with E-state index in [1.165, 1.54) is 25.7 Å². The maximum absolute atomic E-state index is 4.70. The normalized spacial score (nSPS) is 23.3. The van der Waals surface area contributed by atoms with Crippen molar-refractivity contribution < 1.29 is 0 Å². The quantitative estimate of drug-likeness (QED) is 0.857. The van der Waals surface area contributed by atoms with Crippen LogP contribution in [0.5, 0.6) is 0 Å². The smallest absolute Gasteiger partial charge is 0.134 e. The SMILES string of the molecule is CCCNc1cc(C)nc(C2CCC(CC)C2)n1. The van der Waals surface area contributed by atoms with E-state index in [2.05, 4.69) is 31.1 Å². The van der Waals surface area contributed by atoms with Crippen molar-refractivity contribution in [2.24, 2.45) is 5.92 Å². The van der Waals surface area contributed by atoms with Crippen molar-refractivity contribution >= 4 is 5.82 Å². The van der Waals surface area contributed by atoms with Gasteiger partial charge in [0.05, 0.1) is 0 Å². The first-order valence-electron chi connectivity index (χ1n) is 7.32. The van der Waals surface area contributed by atoms with Crippen molar-refractivity contribution in [3.63, 3.8) is 0 Å². The second kappa shape index (κ2) is 6.17. The number of hydrogen-bond donors (Lipinski definition) is 1. The Labute approximate surface area is 110 Å². The van der Waals surface area contributed by atoms with Crippen LogP contribution in [-0.4, -0.2) is 16.5 Å². The number of rotatable bonds is 5. The highest BCUT2D eigenvalue weighted by molar-refractivity contribution is 5.36. The van der Waals surface area contributed by atoms with Gasteiger partial charge in [0, 0.05) is 24.2 Å². The Morgan fingerprint density at radius 2 is 2.11 bits per heavy atom. The molecular formula is C15H25N3. The van der Waals surface area contributed by atoms with Gasteiger partial charge in [-0.05, 0) is 38.5 Å². The third-order valence-electron chi connectivity index (χ3n) is 3.91. The molecule has 1 aromatic rings. The van der Waals surface area contributed by atoms with E-state index in [0.717, 1.165) is 36.2 Å². The predicted octanol–water partition coefficient (Wildman–Crippen LogP) is 3.90. The minimum atomic E-state index is 0.581. The summed E-state index contributed by atoms with van der Waals surface area (Å²) in [5.41, 5.74) is 1.08. The van der Waals surface area contributed by atoms with Gasteiger partial charge in [-0.1, -0.05) is 20.3 Å². The Balaban J connectivity index is 2.10. The number of aromatic nitrogens is 2. The topological polar surface area (TPSA) is 37.8 Å². The lowest BCUT2D eigenvalue weighted by molar-refractivity contribution is 0.516. The lowest BCUT2D eigenvalue weighted by Crippen LogP contribution is -2.08. The summed E-state index contributed by atoms with van der Waals surface area (Å²) in [7, 11) is 0. The van der Waals surface area contributed by atoms with Gasteiger partial charge < -0.3 is 5.32 Å². The molecule has 0 radical (unpaired) electrons. The first kappa shape index (κ1) is 13.3. The van der Waals surface area contributed by atoms with Crippen LogP contribution < -0.4 is 5.32 Å². The molecule has 1 N–H and O–H groups in total. The maximum Gasteiger partial charge on any atom is 0.134 e. The third kappa shape index (κ3) is 3.21. The van der Waals surface area contributed by atoms with Crippen LogP contribution in [0.3, 0.4) is 0 Å². The molecule has 1 aliphatic carbocycles. The minimum absolute atomic E-state index is 0.581. The molecule has 2 atom stereocenters. The maximum atomic E-state index is 4.70. The summed E-state index contributed by atoms with van der Waals surface area (Å²) in [6.45, 7) is 7.51. The molecule has 100 valence electrons. The average Bonchev–Trinajstić information content (AvgIpc) is 2.84. The largest absolute Gasteiger partial charge is 0.370 e. The Kier molecular flexibility index (Phi) is 4.56. The van der Waals surface area contributed by atoms with Gasteiger partial charge in [-0.2, -0.15) is 0 Å². The number of hydrogen-bond acceptors (Lipinski definition) is 3. The molecule has 1 aromatic heterocycles. The van der Waals surface area contributed by atoms with Crippen LogP contribution in [0.4, 0.5) is 5.82 Å². The highest BCUT2D eigenvalue weighted by atomic mass is 15.0. The molecule has 0 aromatic carbocycles. The van der Waals surface area contributed by atoms with Crippen molar-refractivity contribution in [3.05, 3.63) is 17.6 Å². The predicted molar refractivity (Wildman–Crippen MR) is 75.9 cm³/mol. The molecule has 0 bridgehead atoms. The van der Waals surface area contributed by atoms with Gasteiger partial charge in [0.2, 0.25) is 0 Å². The van der Waals surface area contributed by atoms with Crippen LogP contribution >= 0.6 is 0 Å². The summed E-state index contributed by atoms with van der Waals surface area (Å²) in [4.78, 5) is 9.34. The van der Waals surface area contributed by atoms with E-state index >= 15 is 0 Å². The molecule has 18 heavy (non-hydrogen) atoms. The first-order valence-corrected chi connectivity index (χ1v) is 7.32. The molecule has 3 heteroatoms. The molecule has 0 amide bonds. The van der Waals surface area contributed by atoms with E-state index in [9.17, 15) is 0 Å². The molecule has 1 saturated carbocycles. The first-order chi connectivity index (χ1) is 8.72. The van der Waals surface area contributed by atoms with Crippen LogP contribution in [0.15, 0.2) is 6.07 Å². The van der Waals surface area contributed by atoms with Crippen LogP contribution in [0.25, 0.3) is 0 Å². The summed E-state index contributed by atoms with van der Waals surface area (Å²) >= 11 is 0. The standard InChI is InChI=1S/C15H25N3/c1-4-8-16-14-9-11(3)17-15(18-14)13-7-6-12(5-2)10-13/h9,12-13H,4-8,10H2,1-3H3,(H,16,17,18). The summed E-state index contributed by atoms with van der Waals surface area (Å²) in [6, 6.07) is 2.05. The molecule has 1 aliphatic rings. The lowest BCUT2D eigenvalue weighted by atomic mass is 10.0. The molecule has 2 unspecified atom stereocenters. The Bertz CT molecular complexity index is 389. The number of nitrogens with zero attached hydrogens (tertiary/aromatic N) is 2. The van der Waals surface area contributed by atoms with Crippen molar-refractivity contribution in [2.75, 3.05) is 11.9 Å². The van der Waals surface area contributed by atoms with Gasteiger partial charge in [-0.25, -0.2) is 9.97 Å². The summed E-state index contributed by atoms with van der Waals surface area (Å²) in [5, 5.41) is 3.37. The van der Waals surface area contributed by atoms with Crippen LogP contribution in [0.1, 0.15) is 63.4 Å². The molecule has 0 spiro atoms. The molecular weight excluding hydrogens is 222 g/mol. The van der Waals surface area contributed by atoms with Gasteiger partial charge in [0.1, 0.15) is 11.6 Å². The van der Waals surface area contributed by atoms with E-state index in [0.29, 0.717) is 5.92 Å². The second-order valence-electron chi connectivity index (χ2n) is 5.46. The fourth-order valence-electron chi connectivity index (χ4n) is 2.80. The average molecular weight is 247 g/mol. The Morgan fingerprint density at radius 1 is 1.28 bits per heavy atom. The van der Waals surface area contributed by atoms with E-state index in [-0.39, 0.29) is 0 Å². The summed E-state index contributed by atoms with van der Waals surface area (Å²) < 4.78 is 0. The molecule has 0 aliphatic heterocycles. The van der Waals surface area contributed by atoms with Gasteiger partial charge >= 0.3 is 0 Å². The lowest BCUT2D eigenvalue weighted by Gasteiger charge is -2.12. The van der Waals surface area contributed by atoms with Crippen LogP contribution in [-0.2, 0) is 0 Å². The van der Waals surface area contributed by atoms with Crippen molar-refractivity contribution in [1.29, 1.82) is 0 Å². The highest BCUT2D eigenvalue weighted by Gasteiger charge is 2.26. The van der Waals surface area contributed by atoms with E-state index in [1.54, 1.807) is 0 Å². The van der Waals surface area contributed by atoms with E-state index in [1.807, 2.05) is 6.07 Å². The zero-order chi connectivity index (χ0) is 13.0. The molecule has 1 fully saturated rings. The molecule has 1 heterocycles. The van der Waals surface area contributed by atoms with Crippen molar-refractivity contribution in [2.45, 2.75) is 58.8 Å². The zero-order valence-electron chi connectivity index (χ0n) is 11.9. The van der Waals surface area contributed by atoms with Crippen LogP contribution in [0, 0.1) is 12.8 Å². The fraction of sp³-hybridized carbons (Fsp3) is 0.733. The monoisotopic (exact) mass is 247 g/mol. The summed E-state index contributed by atoms with van der Waals surface area (Å²) in [5.74, 6) is 3.52. The number of aryl methyl sites for hydroxylation is 1. The number of nitrogens with one attached hydrogen (secondary N) is 1. The van der Waals surface area contributed by atoms with Gasteiger partial charge in [0.15, 0.2) is 0 Å². The van der Waals surface area contributed by atoms with Crippen LogP contribution in [0.2, 0.25) is 0 Å². The zero-order valence-corrected chi connectivity index (χ0v) is 11.9. The highest BCUT2D eigenvalue weighted by Crippen LogP contribution is 2.38. The van der Waals surface area contributed by atoms with Crippen molar-refractivity contribution in [1.82, 2.24) is 9.97 Å². The second-order valence-corrected chi connectivity index (χ2v) is 5.46. The summed E-state index contributed by atoms with van der Waals surface area (Å²) in [6.07, 6.45) is 6.29. The van der Waals surface area contributed by atoms with Gasteiger partial charge in [-0.15, -0.1) is 0 Å². The van der Waals surface area contributed by atoms with Gasteiger partial charge in [0.25, 0.3) is 0 Å². The third-order valence-corrected chi connectivity index (χ3v) is 3.91. The van der Waals surface area contributed by atoms with E-state index in [4.69, 9.17) is 4.98 Å². The van der Waals surface area contributed by atoms with E-state index < -0.39 is 0 Å². The molecule has 0 saturated heterocycles. The Hall–Kier alpha value is -1.12. The van der Waals surface area contributed by atoms with Crippen molar-refractivity contribution in [3.8, 4) is 0 Å². The fourth-order valence-corrected chi connectivity index (χ4v) is 2.80.